The summed E-state index contributed by atoms with van der Waals surface area (Å²) in [7, 11) is 0. The maximum atomic E-state index is 5.86. The van der Waals surface area contributed by atoms with Crippen molar-refractivity contribution in [1.29, 1.82) is 0 Å². The third-order valence-corrected chi connectivity index (χ3v) is 5.12. The summed E-state index contributed by atoms with van der Waals surface area (Å²) >= 11 is 0. The van der Waals surface area contributed by atoms with Gasteiger partial charge in [-0.05, 0) is 24.5 Å². The summed E-state index contributed by atoms with van der Waals surface area (Å²) in [5, 5.41) is 3.53. The highest BCUT2D eigenvalue weighted by atomic mass is 16.7. The average molecular weight is 288 g/mol. The van der Waals surface area contributed by atoms with E-state index < -0.39 is 0 Å². The van der Waals surface area contributed by atoms with Gasteiger partial charge in [0.05, 0.1) is 13.2 Å². The summed E-state index contributed by atoms with van der Waals surface area (Å²) in [5.41, 5.74) is 2.83. The molecule has 1 spiro atoms. The molecular weight excluding hydrogens is 264 g/mol. The molecule has 1 saturated heterocycles. The number of para-hydroxylation sites is 1. The fraction of sp³-hybridized carbons (Fsp3) is 0.647. The van der Waals surface area contributed by atoms with Crippen LogP contribution in [0.5, 0.6) is 0 Å². The van der Waals surface area contributed by atoms with Gasteiger partial charge in [0.1, 0.15) is 0 Å². The lowest BCUT2D eigenvalue weighted by molar-refractivity contribution is -0.178. The molecule has 0 unspecified atom stereocenters. The minimum absolute atomic E-state index is 0.250. The first-order valence-corrected chi connectivity index (χ1v) is 8.20. The third-order valence-electron chi connectivity index (χ3n) is 5.12. The molecule has 114 valence electrons. The summed E-state index contributed by atoms with van der Waals surface area (Å²) in [4.78, 5) is 2.61. The normalized spacial score (nSPS) is 25.8. The van der Waals surface area contributed by atoms with Crippen molar-refractivity contribution in [2.24, 2.45) is 0 Å². The van der Waals surface area contributed by atoms with Crippen LogP contribution in [0.1, 0.15) is 31.2 Å². The predicted octanol–water partition coefficient (Wildman–Crippen LogP) is 2.28. The molecule has 3 aliphatic rings. The van der Waals surface area contributed by atoms with E-state index in [1.165, 1.54) is 11.3 Å². The Balaban J connectivity index is 1.51. The van der Waals surface area contributed by atoms with Gasteiger partial charge in [-0.3, -0.25) is 0 Å². The van der Waals surface area contributed by atoms with Crippen LogP contribution in [0.2, 0.25) is 0 Å². The standard InChI is InChI=1S/C17H24N2O2/c1-2-4-16-14(3-1)13-18-9-10-19(16)15-5-7-17(8-6-15)20-11-12-21-17/h1-4,15,18H,5-13H2. The molecule has 4 nitrogen and oxygen atoms in total. The first-order chi connectivity index (χ1) is 10.4. The highest BCUT2D eigenvalue weighted by Gasteiger charge is 2.41. The first-order valence-electron chi connectivity index (χ1n) is 8.20. The molecule has 0 radical (unpaired) electrons. The Morgan fingerprint density at radius 3 is 2.67 bits per heavy atom. The second-order valence-electron chi connectivity index (χ2n) is 6.34. The molecule has 1 aromatic rings. The van der Waals surface area contributed by atoms with E-state index in [2.05, 4.69) is 34.5 Å². The number of rotatable bonds is 1. The molecule has 2 heterocycles. The van der Waals surface area contributed by atoms with Crippen LogP contribution in [0.3, 0.4) is 0 Å². The van der Waals surface area contributed by atoms with E-state index in [1.54, 1.807) is 0 Å². The van der Waals surface area contributed by atoms with Gasteiger partial charge < -0.3 is 19.7 Å². The van der Waals surface area contributed by atoms with E-state index in [0.29, 0.717) is 6.04 Å². The molecule has 2 aliphatic heterocycles. The molecule has 1 aromatic carbocycles. The maximum absolute atomic E-state index is 5.86. The van der Waals surface area contributed by atoms with E-state index >= 15 is 0 Å². The minimum atomic E-state index is -0.250. The quantitative estimate of drug-likeness (QED) is 0.859. The fourth-order valence-corrected chi connectivity index (χ4v) is 4.00. The molecule has 4 heteroatoms. The van der Waals surface area contributed by atoms with Crippen molar-refractivity contribution in [3.8, 4) is 0 Å². The zero-order chi connectivity index (χ0) is 14.1. The van der Waals surface area contributed by atoms with E-state index in [0.717, 1.165) is 58.5 Å². The highest BCUT2D eigenvalue weighted by molar-refractivity contribution is 5.55. The minimum Gasteiger partial charge on any atom is -0.367 e. The number of nitrogens with one attached hydrogen (secondary N) is 1. The molecule has 21 heavy (non-hydrogen) atoms. The Morgan fingerprint density at radius 2 is 1.86 bits per heavy atom. The second-order valence-corrected chi connectivity index (χ2v) is 6.34. The lowest BCUT2D eigenvalue weighted by atomic mass is 9.88. The summed E-state index contributed by atoms with van der Waals surface area (Å²) in [5.74, 6) is -0.250. The van der Waals surface area contributed by atoms with Gasteiger partial charge in [0, 0.05) is 44.2 Å². The van der Waals surface area contributed by atoms with Gasteiger partial charge in [-0.15, -0.1) is 0 Å². The van der Waals surface area contributed by atoms with E-state index in [4.69, 9.17) is 9.47 Å². The van der Waals surface area contributed by atoms with E-state index in [9.17, 15) is 0 Å². The highest BCUT2D eigenvalue weighted by Crippen LogP contribution is 2.39. The summed E-state index contributed by atoms with van der Waals surface area (Å²) in [6.45, 7) is 4.66. The van der Waals surface area contributed by atoms with Crippen molar-refractivity contribution < 1.29 is 9.47 Å². The Bertz CT molecular complexity index is 489. The van der Waals surface area contributed by atoms with Gasteiger partial charge in [0.2, 0.25) is 0 Å². The van der Waals surface area contributed by atoms with Gasteiger partial charge in [-0.25, -0.2) is 0 Å². The largest absolute Gasteiger partial charge is 0.367 e. The van der Waals surface area contributed by atoms with Crippen molar-refractivity contribution in [3.05, 3.63) is 29.8 Å². The first kappa shape index (κ1) is 13.6. The molecule has 1 saturated carbocycles. The van der Waals surface area contributed by atoms with Gasteiger partial charge >= 0.3 is 0 Å². The molecular formula is C17H24N2O2. The van der Waals surface area contributed by atoms with Crippen LogP contribution in [0.25, 0.3) is 0 Å². The number of hydrogen-bond acceptors (Lipinski definition) is 4. The molecule has 1 N–H and O–H groups in total. The van der Waals surface area contributed by atoms with Crippen molar-refractivity contribution in [2.45, 2.75) is 44.1 Å². The number of fused-ring (bicyclic) bond motifs is 1. The SMILES string of the molecule is c1ccc2c(c1)CNCCN2C1CCC2(CC1)OCCO2. The summed E-state index contributed by atoms with van der Waals surface area (Å²) in [6.07, 6.45) is 4.39. The Hall–Kier alpha value is -1.10. The number of nitrogens with zero attached hydrogens (tertiary/aromatic N) is 1. The zero-order valence-electron chi connectivity index (χ0n) is 12.5. The lowest BCUT2D eigenvalue weighted by Gasteiger charge is -2.41. The van der Waals surface area contributed by atoms with Crippen LogP contribution < -0.4 is 10.2 Å². The summed E-state index contributed by atoms with van der Waals surface area (Å²) < 4.78 is 11.7. The van der Waals surface area contributed by atoms with Gasteiger partial charge in [-0.1, -0.05) is 18.2 Å². The molecule has 2 fully saturated rings. The van der Waals surface area contributed by atoms with E-state index in [1.807, 2.05) is 0 Å². The lowest BCUT2D eigenvalue weighted by Crippen LogP contribution is -2.45. The van der Waals surface area contributed by atoms with Crippen LogP contribution in [0.15, 0.2) is 24.3 Å². The molecule has 0 atom stereocenters. The Morgan fingerprint density at radius 1 is 1.10 bits per heavy atom. The summed E-state index contributed by atoms with van der Waals surface area (Å²) in [6, 6.07) is 9.43. The predicted molar refractivity (Wildman–Crippen MR) is 82.4 cm³/mol. The Labute approximate surface area is 126 Å². The smallest absolute Gasteiger partial charge is 0.168 e. The maximum Gasteiger partial charge on any atom is 0.168 e. The average Bonchev–Trinajstić information content (AvgIpc) is 2.87. The number of hydrogen-bond donors (Lipinski definition) is 1. The van der Waals surface area contributed by atoms with Gasteiger partial charge in [-0.2, -0.15) is 0 Å². The molecule has 1 aliphatic carbocycles. The van der Waals surface area contributed by atoms with Gasteiger partial charge in [0.15, 0.2) is 5.79 Å². The topological polar surface area (TPSA) is 33.7 Å². The zero-order valence-corrected chi connectivity index (χ0v) is 12.5. The number of benzene rings is 1. The van der Waals surface area contributed by atoms with E-state index in [-0.39, 0.29) is 5.79 Å². The van der Waals surface area contributed by atoms with Crippen molar-refractivity contribution in [2.75, 3.05) is 31.2 Å². The molecule has 0 bridgehead atoms. The van der Waals surface area contributed by atoms with Crippen LogP contribution in [0.4, 0.5) is 5.69 Å². The number of anilines is 1. The van der Waals surface area contributed by atoms with Crippen LogP contribution in [0, 0.1) is 0 Å². The third kappa shape index (κ3) is 2.56. The second kappa shape index (κ2) is 5.59. The van der Waals surface area contributed by atoms with Crippen LogP contribution >= 0.6 is 0 Å². The van der Waals surface area contributed by atoms with Crippen molar-refractivity contribution >= 4 is 5.69 Å². The van der Waals surface area contributed by atoms with Crippen LogP contribution in [-0.2, 0) is 16.0 Å². The molecule has 4 rings (SSSR count). The van der Waals surface area contributed by atoms with Crippen molar-refractivity contribution in [1.82, 2.24) is 5.32 Å². The monoisotopic (exact) mass is 288 g/mol. The van der Waals surface area contributed by atoms with Gasteiger partial charge in [0.25, 0.3) is 0 Å². The molecule has 0 aromatic heterocycles. The Kier molecular flexibility index (Phi) is 3.61. The fourth-order valence-electron chi connectivity index (χ4n) is 4.00. The number of ether oxygens (including phenoxy) is 2. The van der Waals surface area contributed by atoms with Crippen LogP contribution in [-0.4, -0.2) is 38.1 Å². The molecule has 0 amide bonds. The van der Waals surface area contributed by atoms with Crippen molar-refractivity contribution in [3.63, 3.8) is 0 Å².